The maximum atomic E-state index is 12.2. The molecule has 1 saturated heterocycles. The summed E-state index contributed by atoms with van der Waals surface area (Å²) in [6, 6.07) is 9.27. The Bertz CT molecular complexity index is 578. The van der Waals surface area contributed by atoms with E-state index in [1.165, 1.54) is 32.1 Å². The van der Waals surface area contributed by atoms with Crippen molar-refractivity contribution in [3.8, 4) is 6.07 Å². The van der Waals surface area contributed by atoms with Crippen molar-refractivity contribution in [2.24, 2.45) is 11.8 Å². The van der Waals surface area contributed by atoms with Crippen molar-refractivity contribution in [1.82, 2.24) is 4.90 Å². The summed E-state index contributed by atoms with van der Waals surface area (Å²) in [5, 5.41) is 11.9. The second-order valence-corrected chi connectivity index (χ2v) is 6.53. The predicted molar refractivity (Wildman–Crippen MR) is 86.3 cm³/mol. The highest BCUT2D eigenvalue weighted by Crippen LogP contribution is 2.35. The summed E-state index contributed by atoms with van der Waals surface area (Å²) in [6.45, 7) is 2.51. The van der Waals surface area contributed by atoms with Gasteiger partial charge in [0.05, 0.1) is 17.8 Å². The number of hydrogen-bond acceptors (Lipinski definition) is 3. The van der Waals surface area contributed by atoms with Gasteiger partial charge in [-0.2, -0.15) is 5.26 Å². The third kappa shape index (κ3) is 3.48. The molecule has 1 aliphatic carbocycles. The first kappa shape index (κ1) is 15.1. The van der Waals surface area contributed by atoms with Gasteiger partial charge in [0.1, 0.15) is 6.07 Å². The van der Waals surface area contributed by atoms with Gasteiger partial charge in [0.25, 0.3) is 0 Å². The molecule has 1 heterocycles. The Morgan fingerprint density at radius 1 is 1.23 bits per heavy atom. The Morgan fingerprint density at radius 2 is 2.00 bits per heavy atom. The zero-order chi connectivity index (χ0) is 15.4. The topological polar surface area (TPSA) is 56.1 Å². The van der Waals surface area contributed by atoms with Gasteiger partial charge in [-0.3, -0.25) is 9.69 Å². The van der Waals surface area contributed by atoms with Crippen LogP contribution in [0.4, 0.5) is 5.69 Å². The number of hydrogen-bond donors (Lipinski definition) is 1. The number of carbonyl (C=O) groups excluding carboxylic acids is 1. The zero-order valence-corrected chi connectivity index (χ0v) is 12.9. The minimum Gasteiger partial charge on any atom is -0.324 e. The van der Waals surface area contributed by atoms with Crippen LogP contribution in [-0.4, -0.2) is 30.4 Å². The van der Waals surface area contributed by atoms with Gasteiger partial charge >= 0.3 is 0 Å². The van der Waals surface area contributed by atoms with Crippen LogP contribution in [-0.2, 0) is 4.79 Å². The minimum absolute atomic E-state index is 0.0167. The molecule has 4 nitrogen and oxygen atoms in total. The van der Waals surface area contributed by atoms with Crippen LogP contribution in [0.3, 0.4) is 0 Å². The molecule has 4 heteroatoms. The number of carbonyl (C=O) groups is 1. The van der Waals surface area contributed by atoms with Crippen LogP contribution in [0, 0.1) is 23.2 Å². The van der Waals surface area contributed by atoms with E-state index in [2.05, 4.69) is 16.3 Å². The lowest BCUT2D eigenvalue weighted by atomic mass is 9.75. The number of fused-ring (bicyclic) bond motifs is 1. The van der Waals surface area contributed by atoms with Gasteiger partial charge in [-0.25, -0.2) is 0 Å². The van der Waals surface area contributed by atoms with E-state index in [9.17, 15) is 4.79 Å². The second kappa shape index (κ2) is 6.93. The predicted octanol–water partition coefficient (Wildman–Crippen LogP) is 3.01. The maximum absolute atomic E-state index is 12.2. The number of para-hydroxylation sites is 1. The fourth-order valence-electron chi connectivity index (χ4n) is 3.90. The summed E-state index contributed by atoms with van der Waals surface area (Å²) in [7, 11) is 0. The average molecular weight is 297 g/mol. The normalized spacial score (nSPS) is 25.0. The first-order valence-electron chi connectivity index (χ1n) is 8.27. The van der Waals surface area contributed by atoms with Crippen molar-refractivity contribution >= 4 is 11.6 Å². The molecule has 1 aromatic rings. The largest absolute Gasteiger partial charge is 0.324 e. The third-order valence-corrected chi connectivity index (χ3v) is 5.06. The van der Waals surface area contributed by atoms with Crippen molar-refractivity contribution in [1.29, 1.82) is 5.26 Å². The molecular formula is C18H23N3O. The highest BCUT2D eigenvalue weighted by molar-refractivity contribution is 5.93. The lowest BCUT2D eigenvalue weighted by molar-refractivity contribution is -0.118. The van der Waals surface area contributed by atoms with Gasteiger partial charge in [0.2, 0.25) is 5.91 Å². The Kier molecular flexibility index (Phi) is 4.74. The van der Waals surface area contributed by atoms with E-state index >= 15 is 0 Å². The quantitative estimate of drug-likeness (QED) is 0.933. The monoisotopic (exact) mass is 297 g/mol. The molecule has 1 aliphatic heterocycles. The van der Waals surface area contributed by atoms with Crippen LogP contribution >= 0.6 is 0 Å². The van der Waals surface area contributed by atoms with E-state index < -0.39 is 0 Å². The SMILES string of the molecule is N#Cc1ccccc1NC(=O)CN1CC[C@H]2CCCC[C@@H]2C1. The number of anilines is 1. The minimum atomic E-state index is -0.0167. The Hall–Kier alpha value is -1.86. The van der Waals surface area contributed by atoms with Crippen molar-refractivity contribution in [3.05, 3.63) is 29.8 Å². The molecule has 116 valence electrons. The Morgan fingerprint density at radius 3 is 2.82 bits per heavy atom. The molecular weight excluding hydrogens is 274 g/mol. The second-order valence-electron chi connectivity index (χ2n) is 6.53. The number of rotatable bonds is 3. The Balaban J connectivity index is 1.55. The molecule has 0 radical (unpaired) electrons. The van der Waals surface area contributed by atoms with E-state index in [1.54, 1.807) is 12.1 Å². The van der Waals surface area contributed by atoms with Crippen molar-refractivity contribution in [2.75, 3.05) is 25.0 Å². The van der Waals surface area contributed by atoms with Gasteiger partial charge in [0.15, 0.2) is 0 Å². The van der Waals surface area contributed by atoms with Crippen LogP contribution in [0.1, 0.15) is 37.7 Å². The first-order chi connectivity index (χ1) is 10.8. The lowest BCUT2D eigenvalue weighted by Crippen LogP contribution is -2.44. The van der Waals surface area contributed by atoms with E-state index in [1.807, 2.05) is 12.1 Å². The molecule has 2 aliphatic rings. The van der Waals surface area contributed by atoms with Crippen LogP contribution < -0.4 is 5.32 Å². The number of amides is 1. The smallest absolute Gasteiger partial charge is 0.238 e. The van der Waals surface area contributed by atoms with Crippen LogP contribution in [0.15, 0.2) is 24.3 Å². The molecule has 0 bridgehead atoms. The summed E-state index contributed by atoms with van der Waals surface area (Å²) < 4.78 is 0. The molecule has 1 aromatic carbocycles. The highest BCUT2D eigenvalue weighted by Gasteiger charge is 2.31. The lowest BCUT2D eigenvalue weighted by Gasteiger charge is -2.41. The molecule has 1 amide bonds. The van der Waals surface area contributed by atoms with Crippen LogP contribution in [0.2, 0.25) is 0 Å². The summed E-state index contributed by atoms with van der Waals surface area (Å²) in [5.41, 5.74) is 1.13. The number of piperidine rings is 1. The molecule has 0 unspecified atom stereocenters. The maximum Gasteiger partial charge on any atom is 0.238 e. The van der Waals surface area contributed by atoms with E-state index in [0.717, 1.165) is 24.9 Å². The van der Waals surface area contributed by atoms with Crippen LogP contribution in [0.25, 0.3) is 0 Å². The van der Waals surface area contributed by atoms with E-state index in [0.29, 0.717) is 17.8 Å². The van der Waals surface area contributed by atoms with Crippen molar-refractivity contribution in [3.63, 3.8) is 0 Å². The highest BCUT2D eigenvalue weighted by atomic mass is 16.2. The summed E-state index contributed by atoms with van der Waals surface area (Å²) in [5.74, 6) is 1.64. The van der Waals surface area contributed by atoms with Crippen LogP contribution in [0.5, 0.6) is 0 Å². The van der Waals surface area contributed by atoms with E-state index in [4.69, 9.17) is 5.26 Å². The summed E-state index contributed by atoms with van der Waals surface area (Å²) >= 11 is 0. The fraction of sp³-hybridized carbons (Fsp3) is 0.556. The van der Waals surface area contributed by atoms with Crippen molar-refractivity contribution in [2.45, 2.75) is 32.1 Å². The van der Waals surface area contributed by atoms with E-state index in [-0.39, 0.29) is 5.91 Å². The van der Waals surface area contributed by atoms with Gasteiger partial charge in [-0.05, 0) is 43.4 Å². The summed E-state index contributed by atoms with van der Waals surface area (Å²) in [6.07, 6.45) is 6.65. The van der Waals surface area contributed by atoms with Crippen molar-refractivity contribution < 1.29 is 4.79 Å². The molecule has 2 fully saturated rings. The number of benzene rings is 1. The molecule has 3 rings (SSSR count). The fourth-order valence-corrected chi connectivity index (χ4v) is 3.90. The van der Waals surface area contributed by atoms with Gasteiger partial charge in [-0.1, -0.05) is 31.4 Å². The number of nitrogens with zero attached hydrogens (tertiary/aromatic N) is 2. The standard InChI is InChI=1S/C18H23N3O/c19-11-15-6-3-4-8-17(15)20-18(22)13-21-10-9-14-5-1-2-7-16(14)12-21/h3-4,6,8,14,16H,1-2,5,7,9-10,12-13H2,(H,20,22)/t14-,16-/m1/s1. The zero-order valence-electron chi connectivity index (χ0n) is 12.9. The first-order valence-corrected chi connectivity index (χ1v) is 8.27. The summed E-state index contributed by atoms with van der Waals surface area (Å²) in [4.78, 5) is 14.5. The number of likely N-dealkylation sites (tertiary alicyclic amines) is 1. The molecule has 22 heavy (non-hydrogen) atoms. The average Bonchev–Trinajstić information content (AvgIpc) is 2.55. The Labute approximate surface area is 132 Å². The molecule has 1 N–H and O–H groups in total. The molecule has 2 atom stereocenters. The molecule has 0 spiro atoms. The number of nitrogens with one attached hydrogen (secondary N) is 1. The molecule has 0 aromatic heterocycles. The third-order valence-electron chi connectivity index (χ3n) is 5.06. The van der Waals surface area contributed by atoms with Gasteiger partial charge in [-0.15, -0.1) is 0 Å². The molecule has 1 saturated carbocycles. The van der Waals surface area contributed by atoms with Gasteiger partial charge in [0, 0.05) is 6.54 Å². The van der Waals surface area contributed by atoms with Gasteiger partial charge < -0.3 is 5.32 Å². The number of nitriles is 1.